The van der Waals surface area contributed by atoms with Gasteiger partial charge in [-0.15, -0.1) is 4.91 Å². The van der Waals surface area contributed by atoms with Gasteiger partial charge in [0.2, 0.25) is 0 Å². The predicted octanol–water partition coefficient (Wildman–Crippen LogP) is 2.32. The lowest BCUT2D eigenvalue weighted by atomic mass is 10.1. The number of benzene rings is 1. The molecule has 1 aromatic rings. The van der Waals surface area contributed by atoms with Gasteiger partial charge < -0.3 is 4.74 Å². The number of carbonyl (C=O) groups excluding carboxylic acids is 1. The fourth-order valence-electron chi connectivity index (χ4n) is 1.40. The van der Waals surface area contributed by atoms with Crippen LogP contribution in [0.15, 0.2) is 35.5 Å². The Hall–Kier alpha value is -1.71. The fraction of sp³-hybridized carbons (Fsp3) is 0.417. The van der Waals surface area contributed by atoms with E-state index >= 15 is 0 Å². The largest absolute Gasteiger partial charge is 0.464 e. The minimum atomic E-state index is -0.889. The Bertz CT molecular complexity index is 337. The van der Waals surface area contributed by atoms with Crippen LogP contribution < -0.4 is 0 Å². The number of ether oxygens (including phenoxy) is 1. The lowest BCUT2D eigenvalue weighted by Crippen LogP contribution is -2.21. The highest BCUT2D eigenvalue weighted by molar-refractivity contribution is 5.75. The minimum absolute atomic E-state index is 0.274. The van der Waals surface area contributed by atoms with Crippen LogP contribution in [0.4, 0.5) is 0 Å². The number of hydrogen-bond acceptors (Lipinski definition) is 4. The number of rotatable bonds is 6. The number of nitrogens with zero attached hydrogens (tertiary/aromatic N) is 1. The van der Waals surface area contributed by atoms with E-state index in [1.807, 2.05) is 30.3 Å². The number of nitroso groups, excluding NO2 is 1. The third-order valence-electron chi connectivity index (χ3n) is 2.24. The molecule has 4 nitrogen and oxygen atoms in total. The monoisotopic (exact) mass is 221 g/mol. The molecule has 16 heavy (non-hydrogen) atoms. The normalized spacial score (nSPS) is 11.8. The van der Waals surface area contributed by atoms with E-state index in [2.05, 4.69) is 5.18 Å². The van der Waals surface area contributed by atoms with Gasteiger partial charge in [-0.3, -0.25) is 0 Å². The highest BCUT2D eigenvalue weighted by Gasteiger charge is 2.19. The van der Waals surface area contributed by atoms with Crippen molar-refractivity contribution in [2.24, 2.45) is 5.18 Å². The van der Waals surface area contributed by atoms with Gasteiger partial charge in [0.1, 0.15) is 0 Å². The first-order valence-corrected chi connectivity index (χ1v) is 5.31. The summed E-state index contributed by atoms with van der Waals surface area (Å²) < 4.78 is 4.75. The average molecular weight is 221 g/mol. The minimum Gasteiger partial charge on any atom is -0.464 e. The highest BCUT2D eigenvalue weighted by atomic mass is 16.5. The molecule has 0 saturated heterocycles. The molecule has 0 radical (unpaired) electrons. The topological polar surface area (TPSA) is 55.7 Å². The van der Waals surface area contributed by atoms with Gasteiger partial charge in [0, 0.05) is 0 Å². The molecule has 4 heteroatoms. The first kappa shape index (κ1) is 12.4. The molecule has 1 atom stereocenters. The maximum atomic E-state index is 11.3. The molecule has 0 saturated carbocycles. The van der Waals surface area contributed by atoms with Crippen molar-refractivity contribution in [3.8, 4) is 0 Å². The molecule has 0 aliphatic carbocycles. The lowest BCUT2D eigenvalue weighted by molar-refractivity contribution is -0.144. The van der Waals surface area contributed by atoms with Crippen molar-refractivity contribution >= 4 is 5.97 Å². The van der Waals surface area contributed by atoms with Gasteiger partial charge in [0.05, 0.1) is 6.61 Å². The van der Waals surface area contributed by atoms with Crippen LogP contribution >= 0.6 is 0 Å². The zero-order chi connectivity index (χ0) is 11.8. The number of esters is 1. The molecule has 0 spiro atoms. The maximum absolute atomic E-state index is 11.3. The Morgan fingerprint density at radius 2 is 2.06 bits per heavy atom. The van der Waals surface area contributed by atoms with Gasteiger partial charge in [-0.05, 0) is 25.3 Å². The van der Waals surface area contributed by atoms with Crippen LogP contribution in [-0.4, -0.2) is 18.6 Å². The molecule has 0 amide bonds. The van der Waals surface area contributed by atoms with Crippen LogP contribution in [0, 0.1) is 4.91 Å². The highest BCUT2D eigenvalue weighted by Crippen LogP contribution is 2.08. The summed E-state index contributed by atoms with van der Waals surface area (Å²) in [5, 5.41) is 2.80. The number of carbonyl (C=O) groups is 1. The molecule has 0 heterocycles. The van der Waals surface area contributed by atoms with Gasteiger partial charge in [0.25, 0.3) is 0 Å². The summed E-state index contributed by atoms with van der Waals surface area (Å²) in [6.07, 6.45) is 1.04. The van der Waals surface area contributed by atoms with Crippen molar-refractivity contribution in [2.75, 3.05) is 6.61 Å². The van der Waals surface area contributed by atoms with Crippen molar-refractivity contribution in [2.45, 2.75) is 25.8 Å². The molecular formula is C12H15NO3. The molecule has 0 fully saturated rings. The lowest BCUT2D eigenvalue weighted by Gasteiger charge is -2.07. The summed E-state index contributed by atoms with van der Waals surface area (Å²) in [6.45, 7) is 1.98. The predicted molar refractivity (Wildman–Crippen MR) is 61.0 cm³/mol. The third kappa shape index (κ3) is 3.81. The van der Waals surface area contributed by atoms with Gasteiger partial charge in [-0.1, -0.05) is 35.5 Å². The van der Waals surface area contributed by atoms with Crippen LogP contribution in [0.25, 0.3) is 0 Å². The summed E-state index contributed by atoms with van der Waals surface area (Å²) in [5.41, 5.74) is 1.08. The number of aryl methyl sites for hydroxylation is 1. The molecule has 0 aliphatic heterocycles. The number of hydrogen-bond donors (Lipinski definition) is 0. The van der Waals surface area contributed by atoms with Crippen molar-refractivity contribution in [3.05, 3.63) is 40.8 Å². The van der Waals surface area contributed by atoms with E-state index in [4.69, 9.17) is 4.74 Å². The van der Waals surface area contributed by atoms with Crippen molar-refractivity contribution in [1.29, 1.82) is 0 Å². The fourth-order valence-corrected chi connectivity index (χ4v) is 1.40. The van der Waals surface area contributed by atoms with Crippen LogP contribution in [0.3, 0.4) is 0 Å². The molecular weight excluding hydrogens is 206 g/mol. The van der Waals surface area contributed by atoms with Crippen LogP contribution in [-0.2, 0) is 16.0 Å². The Morgan fingerprint density at radius 3 is 2.62 bits per heavy atom. The van der Waals surface area contributed by atoms with Crippen molar-refractivity contribution in [1.82, 2.24) is 0 Å². The first-order chi connectivity index (χ1) is 7.77. The smallest absolute Gasteiger partial charge is 0.334 e. The molecule has 0 aliphatic rings. The molecule has 86 valence electrons. The Labute approximate surface area is 94.6 Å². The second-order valence-electron chi connectivity index (χ2n) is 3.40. The van der Waals surface area contributed by atoms with Gasteiger partial charge >= 0.3 is 5.97 Å². The van der Waals surface area contributed by atoms with Crippen LogP contribution in [0.1, 0.15) is 18.9 Å². The van der Waals surface area contributed by atoms with Gasteiger partial charge in [-0.25, -0.2) is 4.79 Å². The van der Waals surface area contributed by atoms with Crippen LogP contribution in [0.5, 0.6) is 0 Å². The summed E-state index contributed by atoms with van der Waals surface area (Å²) >= 11 is 0. The maximum Gasteiger partial charge on any atom is 0.334 e. The molecule has 1 aromatic carbocycles. The van der Waals surface area contributed by atoms with E-state index in [-0.39, 0.29) is 6.61 Å². The van der Waals surface area contributed by atoms with E-state index in [9.17, 15) is 9.70 Å². The van der Waals surface area contributed by atoms with Gasteiger partial charge in [-0.2, -0.15) is 0 Å². The third-order valence-corrected chi connectivity index (χ3v) is 2.24. The standard InChI is InChI=1S/C12H15NO3/c1-2-16-12(14)11(13-15)9-8-10-6-4-3-5-7-10/h3-7,11H,2,8-9H2,1H3. The zero-order valence-electron chi connectivity index (χ0n) is 9.26. The summed E-state index contributed by atoms with van der Waals surface area (Å²) in [5.74, 6) is -0.534. The summed E-state index contributed by atoms with van der Waals surface area (Å²) in [7, 11) is 0. The first-order valence-electron chi connectivity index (χ1n) is 5.31. The van der Waals surface area contributed by atoms with E-state index in [1.54, 1.807) is 6.92 Å². The Balaban J connectivity index is 2.46. The Kier molecular flexibility index (Phi) is 5.19. The molecule has 1 unspecified atom stereocenters. The average Bonchev–Trinajstić information content (AvgIpc) is 2.31. The molecule has 0 aromatic heterocycles. The molecule has 0 bridgehead atoms. The second-order valence-corrected chi connectivity index (χ2v) is 3.40. The summed E-state index contributed by atoms with van der Waals surface area (Å²) in [4.78, 5) is 21.8. The quantitative estimate of drug-likeness (QED) is 0.547. The van der Waals surface area contributed by atoms with Gasteiger partial charge in [0.15, 0.2) is 6.04 Å². The van der Waals surface area contributed by atoms with E-state index in [0.717, 1.165) is 5.56 Å². The van der Waals surface area contributed by atoms with E-state index in [0.29, 0.717) is 12.8 Å². The second kappa shape index (κ2) is 6.71. The molecule has 0 N–H and O–H groups in total. The summed E-state index contributed by atoms with van der Waals surface area (Å²) in [6, 6.07) is 8.77. The van der Waals surface area contributed by atoms with Crippen molar-refractivity contribution in [3.63, 3.8) is 0 Å². The van der Waals surface area contributed by atoms with Crippen molar-refractivity contribution < 1.29 is 9.53 Å². The SMILES string of the molecule is CCOC(=O)C(CCc1ccccc1)N=O. The van der Waals surface area contributed by atoms with E-state index < -0.39 is 12.0 Å². The van der Waals surface area contributed by atoms with Crippen LogP contribution in [0.2, 0.25) is 0 Å². The Morgan fingerprint density at radius 1 is 1.38 bits per heavy atom. The zero-order valence-corrected chi connectivity index (χ0v) is 9.26. The molecule has 1 rings (SSSR count). The van der Waals surface area contributed by atoms with E-state index in [1.165, 1.54) is 0 Å².